The Bertz CT molecular complexity index is 566. The molecule has 4 nitrogen and oxygen atoms in total. The smallest absolute Gasteiger partial charge is 0.258 e. The van der Waals surface area contributed by atoms with E-state index < -0.39 is 4.92 Å². The molecule has 0 aliphatic heterocycles. The van der Waals surface area contributed by atoms with E-state index in [4.69, 9.17) is 0 Å². The topological polar surface area (TPSA) is 55.5 Å². The first-order valence-electron chi connectivity index (χ1n) is 6.14. The number of nitro benzene ring substituents is 1. The largest absolute Gasteiger partial charge is 0.269 e. The molecular formula is C15H16N2O2. The maximum atomic E-state index is 10.5. The monoisotopic (exact) mass is 256 g/mol. The number of nitro groups is 1. The van der Waals surface area contributed by atoms with Crippen molar-refractivity contribution >= 4 is 11.9 Å². The summed E-state index contributed by atoms with van der Waals surface area (Å²) in [5, 5.41) is 10.5. The molecule has 0 radical (unpaired) electrons. The standard InChI is InChI=1S/C15H16N2O2/c1-15(2)9-7-13(8-10-15)16-11-12-3-5-14(6-4-12)17(18)19/h3-9,11H,10H2,1-2H3. The first kappa shape index (κ1) is 13.2. The quantitative estimate of drug-likeness (QED) is 0.468. The van der Waals surface area contributed by atoms with E-state index in [9.17, 15) is 10.1 Å². The molecule has 1 aliphatic rings. The minimum atomic E-state index is -0.407. The molecule has 0 atom stereocenters. The lowest BCUT2D eigenvalue weighted by atomic mass is 9.85. The number of aliphatic imine (C=N–C) groups is 1. The molecule has 0 saturated carbocycles. The number of allylic oxidation sites excluding steroid dienone is 3. The molecule has 19 heavy (non-hydrogen) atoms. The lowest BCUT2D eigenvalue weighted by molar-refractivity contribution is -0.384. The van der Waals surface area contributed by atoms with Crippen molar-refractivity contribution < 1.29 is 4.92 Å². The van der Waals surface area contributed by atoms with Gasteiger partial charge < -0.3 is 0 Å². The summed E-state index contributed by atoms with van der Waals surface area (Å²) in [7, 11) is 0. The van der Waals surface area contributed by atoms with Crippen molar-refractivity contribution in [3.05, 3.63) is 63.9 Å². The second-order valence-corrected chi connectivity index (χ2v) is 5.26. The minimum absolute atomic E-state index is 0.0932. The van der Waals surface area contributed by atoms with Gasteiger partial charge in [0.05, 0.1) is 10.6 Å². The number of benzene rings is 1. The number of nitrogens with zero attached hydrogens (tertiary/aromatic N) is 2. The zero-order chi connectivity index (χ0) is 13.9. The Morgan fingerprint density at radius 2 is 2.00 bits per heavy atom. The maximum Gasteiger partial charge on any atom is 0.269 e. The van der Waals surface area contributed by atoms with E-state index in [-0.39, 0.29) is 11.1 Å². The Labute approximate surface area is 112 Å². The number of hydrogen-bond acceptors (Lipinski definition) is 3. The summed E-state index contributed by atoms with van der Waals surface area (Å²) in [4.78, 5) is 14.5. The predicted molar refractivity (Wildman–Crippen MR) is 76.3 cm³/mol. The van der Waals surface area contributed by atoms with Gasteiger partial charge in [-0.25, -0.2) is 0 Å². The summed E-state index contributed by atoms with van der Waals surface area (Å²) in [6.45, 7) is 4.35. The van der Waals surface area contributed by atoms with E-state index in [1.165, 1.54) is 12.1 Å². The molecule has 0 fully saturated rings. The zero-order valence-electron chi connectivity index (χ0n) is 11.0. The molecule has 0 heterocycles. The Hall–Kier alpha value is -2.23. The molecule has 0 saturated heterocycles. The normalized spacial score (nSPS) is 17.5. The Kier molecular flexibility index (Phi) is 3.60. The predicted octanol–water partition coefficient (Wildman–Crippen LogP) is 3.88. The van der Waals surface area contributed by atoms with Crippen LogP contribution in [0, 0.1) is 15.5 Å². The van der Waals surface area contributed by atoms with Crippen molar-refractivity contribution in [2.45, 2.75) is 20.3 Å². The average Bonchev–Trinajstić information content (AvgIpc) is 2.38. The van der Waals surface area contributed by atoms with Gasteiger partial charge in [-0.15, -0.1) is 0 Å². The molecule has 1 aromatic rings. The van der Waals surface area contributed by atoms with Gasteiger partial charge >= 0.3 is 0 Å². The van der Waals surface area contributed by atoms with Crippen LogP contribution in [0.15, 0.2) is 53.2 Å². The second kappa shape index (κ2) is 5.18. The van der Waals surface area contributed by atoms with E-state index in [1.807, 2.05) is 6.08 Å². The molecule has 0 N–H and O–H groups in total. The number of hydrogen-bond donors (Lipinski definition) is 0. The fourth-order valence-electron chi connectivity index (χ4n) is 1.74. The Morgan fingerprint density at radius 1 is 1.32 bits per heavy atom. The first-order chi connectivity index (χ1) is 8.96. The van der Waals surface area contributed by atoms with Gasteiger partial charge in [-0.2, -0.15) is 0 Å². The van der Waals surface area contributed by atoms with Crippen molar-refractivity contribution in [1.29, 1.82) is 0 Å². The van der Waals surface area contributed by atoms with E-state index in [0.29, 0.717) is 0 Å². The molecule has 0 unspecified atom stereocenters. The highest BCUT2D eigenvalue weighted by Crippen LogP contribution is 2.28. The fraction of sp³-hybridized carbons (Fsp3) is 0.267. The van der Waals surface area contributed by atoms with Gasteiger partial charge in [0.1, 0.15) is 0 Å². The molecule has 4 heteroatoms. The van der Waals surface area contributed by atoms with Crippen LogP contribution in [0.3, 0.4) is 0 Å². The van der Waals surface area contributed by atoms with Crippen LogP contribution in [0.5, 0.6) is 0 Å². The van der Waals surface area contributed by atoms with Crippen molar-refractivity contribution in [3.8, 4) is 0 Å². The van der Waals surface area contributed by atoms with Gasteiger partial charge in [0, 0.05) is 18.3 Å². The molecule has 98 valence electrons. The first-order valence-corrected chi connectivity index (χ1v) is 6.14. The van der Waals surface area contributed by atoms with Crippen LogP contribution in [-0.4, -0.2) is 11.1 Å². The van der Waals surface area contributed by atoms with Crippen LogP contribution in [0.4, 0.5) is 5.69 Å². The summed E-state index contributed by atoms with van der Waals surface area (Å²) in [5.74, 6) is 0. The van der Waals surface area contributed by atoms with Crippen LogP contribution in [0.25, 0.3) is 0 Å². The van der Waals surface area contributed by atoms with Gasteiger partial charge in [-0.3, -0.25) is 15.1 Å². The summed E-state index contributed by atoms with van der Waals surface area (Å²) in [6, 6.07) is 6.35. The van der Waals surface area contributed by atoms with Crippen molar-refractivity contribution in [1.82, 2.24) is 0 Å². The fourth-order valence-corrected chi connectivity index (χ4v) is 1.74. The van der Waals surface area contributed by atoms with E-state index >= 15 is 0 Å². The third kappa shape index (κ3) is 3.61. The lowest BCUT2D eigenvalue weighted by Gasteiger charge is -2.21. The van der Waals surface area contributed by atoms with E-state index in [0.717, 1.165) is 17.7 Å². The van der Waals surface area contributed by atoms with Crippen LogP contribution in [0.1, 0.15) is 25.8 Å². The molecule has 1 aliphatic carbocycles. The summed E-state index contributed by atoms with van der Waals surface area (Å²) < 4.78 is 0. The van der Waals surface area contributed by atoms with Crippen LogP contribution in [0.2, 0.25) is 0 Å². The molecule has 0 amide bonds. The Balaban J connectivity index is 2.06. The van der Waals surface area contributed by atoms with Crippen LogP contribution < -0.4 is 0 Å². The van der Waals surface area contributed by atoms with Gasteiger partial charge in [0.25, 0.3) is 5.69 Å². The van der Waals surface area contributed by atoms with Gasteiger partial charge in [-0.1, -0.05) is 26.0 Å². The average molecular weight is 256 g/mol. The third-order valence-corrected chi connectivity index (χ3v) is 3.01. The summed E-state index contributed by atoms with van der Waals surface area (Å²) in [6.07, 6.45) is 8.94. The van der Waals surface area contributed by atoms with Crippen molar-refractivity contribution in [2.24, 2.45) is 10.4 Å². The molecule has 2 rings (SSSR count). The zero-order valence-corrected chi connectivity index (χ0v) is 11.0. The maximum absolute atomic E-state index is 10.5. The van der Waals surface area contributed by atoms with Gasteiger partial charge in [0.2, 0.25) is 0 Å². The van der Waals surface area contributed by atoms with Crippen molar-refractivity contribution in [2.75, 3.05) is 0 Å². The number of rotatable bonds is 3. The number of non-ortho nitro benzene ring substituents is 1. The molecule has 0 bridgehead atoms. The summed E-state index contributed by atoms with van der Waals surface area (Å²) in [5.41, 5.74) is 2.07. The van der Waals surface area contributed by atoms with E-state index in [1.54, 1.807) is 18.3 Å². The third-order valence-electron chi connectivity index (χ3n) is 3.01. The second-order valence-electron chi connectivity index (χ2n) is 5.26. The molecular weight excluding hydrogens is 240 g/mol. The minimum Gasteiger partial charge on any atom is -0.258 e. The van der Waals surface area contributed by atoms with Crippen LogP contribution in [-0.2, 0) is 0 Å². The highest BCUT2D eigenvalue weighted by molar-refractivity contribution is 5.81. The van der Waals surface area contributed by atoms with Gasteiger partial charge in [-0.05, 0) is 35.6 Å². The molecule has 0 aromatic heterocycles. The highest BCUT2D eigenvalue weighted by Gasteiger charge is 2.15. The molecule has 0 spiro atoms. The lowest BCUT2D eigenvalue weighted by Crippen LogP contribution is -2.08. The summed E-state index contributed by atoms with van der Waals surface area (Å²) >= 11 is 0. The van der Waals surface area contributed by atoms with E-state index in [2.05, 4.69) is 31.0 Å². The highest BCUT2D eigenvalue weighted by atomic mass is 16.6. The van der Waals surface area contributed by atoms with Crippen LogP contribution >= 0.6 is 0 Å². The molecule has 1 aromatic carbocycles. The van der Waals surface area contributed by atoms with Crippen molar-refractivity contribution in [3.63, 3.8) is 0 Å². The SMILES string of the molecule is CC1(C)C=CC(N=Cc2ccc([N+](=O)[O-])cc2)=CC1. The Morgan fingerprint density at radius 3 is 2.53 bits per heavy atom. The van der Waals surface area contributed by atoms with Gasteiger partial charge in [0.15, 0.2) is 0 Å².